The van der Waals surface area contributed by atoms with Crippen LogP contribution >= 0.6 is 12.4 Å². The van der Waals surface area contributed by atoms with Gasteiger partial charge in [0.05, 0.1) is 0 Å². The molecule has 4 rings (SSSR count). The number of allylic oxidation sites excluding steroid dienone is 2. The number of fused-ring (bicyclic) bond motifs is 2. The molecule has 2 aromatic rings. The van der Waals surface area contributed by atoms with Gasteiger partial charge in [-0.05, 0) is 6.92 Å². The van der Waals surface area contributed by atoms with Crippen LogP contribution in [-0.2, 0) is 17.4 Å². The maximum absolute atomic E-state index is 7.57. The quantitative estimate of drug-likeness (QED) is 0.506. The summed E-state index contributed by atoms with van der Waals surface area (Å²) in [5, 5.41) is 7.57. The minimum atomic E-state index is -3.15. The number of hydrogen-bond donors (Lipinski definition) is 1. The molecule has 0 aliphatic heterocycles. The third-order valence-electron chi connectivity index (χ3n) is 6.19. The second kappa shape index (κ2) is 8.56. The van der Waals surface area contributed by atoms with Crippen molar-refractivity contribution in [3.05, 3.63) is 81.9 Å². The van der Waals surface area contributed by atoms with Crippen molar-refractivity contribution < 1.29 is 22.5 Å². The van der Waals surface area contributed by atoms with Crippen LogP contribution in [0, 0.1) is 0 Å². The molecular formula is C24H33ClOSiZr. The van der Waals surface area contributed by atoms with Crippen LogP contribution in [0.4, 0.5) is 0 Å². The normalized spacial score (nSPS) is 20.1. The van der Waals surface area contributed by atoms with Crippen molar-refractivity contribution in [1.29, 1.82) is 0 Å². The van der Waals surface area contributed by atoms with Gasteiger partial charge in [-0.15, -0.1) is 12.4 Å². The van der Waals surface area contributed by atoms with Crippen molar-refractivity contribution in [3.8, 4) is 0 Å². The Morgan fingerprint density at radius 3 is 1.50 bits per heavy atom. The summed E-state index contributed by atoms with van der Waals surface area (Å²) in [6.45, 7) is 9.06. The van der Waals surface area contributed by atoms with Crippen LogP contribution in [0.25, 0.3) is 12.2 Å². The molecule has 1 N–H and O–H groups in total. The van der Waals surface area contributed by atoms with Crippen molar-refractivity contribution >= 4 is 31.4 Å². The van der Waals surface area contributed by atoms with E-state index in [1.807, 2.05) is 0 Å². The van der Waals surface area contributed by atoms with Crippen LogP contribution in [-0.4, -0.2) is 18.6 Å². The number of hydrogen-bond acceptors (Lipinski definition) is 1. The fraction of sp³-hybridized carbons (Fsp3) is 0.333. The van der Waals surface area contributed by atoms with Gasteiger partial charge in [0.15, 0.2) is 0 Å². The number of aliphatic hydroxyl groups excluding tert-OH is 1. The van der Waals surface area contributed by atoms with Crippen molar-refractivity contribution in [2.45, 2.75) is 37.3 Å². The minimum Gasteiger partial charge on any atom is -0.397 e. The summed E-state index contributed by atoms with van der Waals surface area (Å²) >= 11 is -3.15. The Kier molecular flexibility index (Phi) is 7.20. The molecule has 0 bridgehead atoms. The predicted molar refractivity (Wildman–Crippen MR) is 126 cm³/mol. The van der Waals surface area contributed by atoms with E-state index < -0.39 is 17.4 Å². The van der Waals surface area contributed by atoms with Gasteiger partial charge in [-0.3, -0.25) is 0 Å². The van der Waals surface area contributed by atoms with Gasteiger partial charge in [0.25, 0.3) is 0 Å². The van der Waals surface area contributed by atoms with Gasteiger partial charge in [0.2, 0.25) is 0 Å². The molecule has 0 fully saturated rings. The van der Waals surface area contributed by atoms with Gasteiger partial charge >= 0.3 is 149 Å². The average Bonchev–Trinajstić information content (AvgIpc) is 3.11. The van der Waals surface area contributed by atoms with E-state index in [2.05, 4.69) is 90.7 Å². The minimum absolute atomic E-state index is 0. The van der Waals surface area contributed by atoms with Gasteiger partial charge in [-0.25, -0.2) is 0 Å². The summed E-state index contributed by atoms with van der Waals surface area (Å²) in [6.07, 6.45) is 4.88. The van der Waals surface area contributed by atoms with E-state index in [-0.39, 0.29) is 19.0 Å². The fourth-order valence-electron chi connectivity index (χ4n) is 5.64. The number of halogens is 1. The predicted octanol–water partition coefficient (Wildman–Crippen LogP) is 6.06. The molecule has 4 heteroatoms. The Hall–Kier alpha value is -0.730. The Labute approximate surface area is 178 Å². The summed E-state index contributed by atoms with van der Waals surface area (Å²) in [7, 11) is 0. The van der Waals surface area contributed by atoms with Crippen LogP contribution in [0.3, 0.4) is 0 Å². The smallest absolute Gasteiger partial charge is 0.0402 e. The fourth-order valence-corrected chi connectivity index (χ4v) is 26.9. The molecule has 0 spiro atoms. The topological polar surface area (TPSA) is 20.2 Å². The van der Waals surface area contributed by atoms with Gasteiger partial charge in [-0.1, -0.05) is 0 Å². The molecule has 0 aromatic heterocycles. The molecule has 28 heavy (non-hydrogen) atoms. The largest absolute Gasteiger partial charge is 0.397 e. The maximum atomic E-state index is 7.57. The van der Waals surface area contributed by atoms with E-state index in [9.17, 15) is 0 Å². The Bertz CT molecular complexity index is 926. The summed E-state index contributed by atoms with van der Waals surface area (Å²) < 4.78 is 6.68. The van der Waals surface area contributed by atoms with E-state index in [4.69, 9.17) is 5.11 Å². The van der Waals surface area contributed by atoms with Gasteiger partial charge in [-0.2, -0.15) is 0 Å². The Morgan fingerprint density at radius 2 is 1.14 bits per heavy atom. The van der Waals surface area contributed by atoms with Crippen LogP contribution in [0.5, 0.6) is 0 Å². The molecule has 0 saturated carbocycles. The van der Waals surface area contributed by atoms with E-state index in [0.29, 0.717) is 7.25 Å². The number of benzene rings is 2. The van der Waals surface area contributed by atoms with Crippen LogP contribution < -0.4 is 0 Å². The third kappa shape index (κ3) is 3.97. The number of aliphatic hydroxyl groups is 1. The molecule has 0 amide bonds. The summed E-state index contributed by atoms with van der Waals surface area (Å²) in [4.78, 5) is 0. The molecule has 2 aliphatic rings. The van der Waals surface area contributed by atoms with E-state index in [1.165, 1.54) is 11.1 Å². The Balaban J connectivity index is 0.000000660. The van der Waals surface area contributed by atoms with Crippen LogP contribution in [0.15, 0.2) is 59.7 Å². The summed E-state index contributed by atoms with van der Waals surface area (Å²) in [5.41, 5.74) is 9.22. The van der Waals surface area contributed by atoms with Crippen molar-refractivity contribution in [2.24, 2.45) is 0 Å². The standard InChI is InChI=1S/2C10H9.C2H6O.2CH3.ClH.H2Si.Zr/c2*1-8-6-9-4-2-3-5-10(9)7-8;1-2-3;;;;;/h2*2-7H,1H3;3H,2H2,1H3;2*1H3;1H;1H2;. The molecule has 0 saturated heterocycles. The second-order valence-electron chi connectivity index (χ2n) is 9.15. The van der Waals surface area contributed by atoms with E-state index in [1.54, 1.807) is 29.2 Å². The molecule has 1 nitrogen and oxygen atoms in total. The van der Waals surface area contributed by atoms with Gasteiger partial charge < -0.3 is 5.11 Å². The third-order valence-corrected chi connectivity index (χ3v) is 24.1. The average molecular weight is 492 g/mol. The zero-order chi connectivity index (χ0) is 19.8. The zero-order valence-corrected chi connectivity index (χ0v) is 22.4. The van der Waals surface area contributed by atoms with Crippen molar-refractivity contribution in [1.82, 2.24) is 0 Å². The summed E-state index contributed by atoms with van der Waals surface area (Å²) in [5.74, 6) is 0. The molecule has 2 unspecified atom stereocenters. The van der Waals surface area contributed by atoms with Crippen LogP contribution in [0.1, 0.15) is 50.3 Å². The summed E-state index contributed by atoms with van der Waals surface area (Å²) in [6, 6.07) is 18.1. The Morgan fingerprint density at radius 1 is 0.821 bits per heavy atom. The molecule has 2 aliphatic carbocycles. The first-order valence-electron chi connectivity index (χ1n) is 9.92. The van der Waals surface area contributed by atoms with E-state index in [0.717, 1.165) is 0 Å². The van der Waals surface area contributed by atoms with Crippen LogP contribution in [0.2, 0.25) is 9.26 Å². The van der Waals surface area contributed by atoms with Gasteiger partial charge in [0.1, 0.15) is 0 Å². The molecule has 0 heterocycles. The zero-order valence-electron chi connectivity index (χ0n) is 17.7. The van der Waals surface area contributed by atoms with Crippen molar-refractivity contribution in [2.75, 3.05) is 6.61 Å². The SMILES string of the molecule is CC1=Cc2ccccc2[CH]1[Zr]([CH3])([CH3])(=[SiH2])[CH]1C(C)=Cc2ccccc21.CCO.Cl. The molecule has 2 atom stereocenters. The molecule has 150 valence electrons. The van der Waals surface area contributed by atoms with Crippen molar-refractivity contribution in [3.63, 3.8) is 0 Å². The van der Waals surface area contributed by atoms with E-state index >= 15 is 0 Å². The second-order valence-corrected chi connectivity index (χ2v) is 39.6. The van der Waals surface area contributed by atoms with Gasteiger partial charge in [0, 0.05) is 6.61 Å². The number of rotatable bonds is 2. The first-order valence-corrected chi connectivity index (χ1v) is 23.6. The maximum Gasteiger partial charge on any atom is 0.0402 e. The molecular weight excluding hydrogens is 459 g/mol. The molecule has 0 radical (unpaired) electrons. The molecule has 2 aromatic carbocycles. The monoisotopic (exact) mass is 490 g/mol. The first kappa shape index (κ1) is 23.5. The first-order chi connectivity index (χ1) is 12.7.